The molecule has 0 aliphatic rings. The molecule has 1 amide bonds. The molecule has 2 aromatic carbocycles. The number of hydrogen-bond acceptors (Lipinski definition) is 1. The van der Waals surface area contributed by atoms with Crippen molar-refractivity contribution in [3.8, 4) is 0 Å². The molecule has 0 heterocycles. The topological polar surface area (TPSA) is 29.1 Å². The van der Waals surface area contributed by atoms with E-state index in [0.29, 0.717) is 10.0 Å². The number of amides is 1. The number of carbonyl (C=O) groups is 1. The second-order valence-electron chi connectivity index (χ2n) is 5.37. The molecule has 0 fully saturated rings. The Hall–Kier alpha value is -1.75. The van der Waals surface area contributed by atoms with Crippen molar-refractivity contribution in [3.63, 3.8) is 0 Å². The van der Waals surface area contributed by atoms with Crippen LogP contribution in [0, 0.1) is 17.6 Å². The van der Waals surface area contributed by atoms with Crippen LogP contribution in [0.1, 0.15) is 35.8 Å². The first-order valence-corrected chi connectivity index (χ1v) is 7.69. The van der Waals surface area contributed by atoms with Gasteiger partial charge in [-0.3, -0.25) is 4.79 Å². The van der Waals surface area contributed by atoms with Crippen LogP contribution in [0.25, 0.3) is 0 Å². The Labute approximate surface area is 136 Å². The van der Waals surface area contributed by atoms with E-state index in [-0.39, 0.29) is 23.7 Å². The molecule has 1 N–H and O–H groups in total. The lowest BCUT2D eigenvalue weighted by Gasteiger charge is -2.23. The van der Waals surface area contributed by atoms with Crippen LogP contribution in [0.5, 0.6) is 0 Å². The number of halogens is 3. The van der Waals surface area contributed by atoms with Crippen molar-refractivity contribution in [2.45, 2.75) is 19.9 Å². The molecular formula is C17H16BrF2NO. The SMILES string of the molecule is CC(C)C(NC(=O)c1ccc(F)cc1Br)c1ccc(F)cc1. The summed E-state index contributed by atoms with van der Waals surface area (Å²) in [6, 6.07) is 9.69. The molecule has 1 atom stereocenters. The number of rotatable bonds is 4. The summed E-state index contributed by atoms with van der Waals surface area (Å²) in [6.45, 7) is 3.93. The summed E-state index contributed by atoms with van der Waals surface area (Å²) in [5, 5.41) is 2.91. The van der Waals surface area contributed by atoms with Crippen LogP contribution in [0.2, 0.25) is 0 Å². The van der Waals surface area contributed by atoms with Crippen LogP contribution in [0.15, 0.2) is 46.9 Å². The molecule has 0 aliphatic carbocycles. The summed E-state index contributed by atoms with van der Waals surface area (Å²) >= 11 is 3.19. The molecule has 2 rings (SSSR count). The second-order valence-corrected chi connectivity index (χ2v) is 6.23. The lowest BCUT2D eigenvalue weighted by Crippen LogP contribution is -2.32. The highest BCUT2D eigenvalue weighted by Gasteiger charge is 2.20. The fourth-order valence-corrected chi connectivity index (χ4v) is 2.73. The van der Waals surface area contributed by atoms with Gasteiger partial charge in [-0.1, -0.05) is 26.0 Å². The molecule has 0 radical (unpaired) electrons. The summed E-state index contributed by atoms with van der Waals surface area (Å²) in [7, 11) is 0. The highest BCUT2D eigenvalue weighted by molar-refractivity contribution is 9.10. The maximum absolute atomic E-state index is 13.1. The lowest BCUT2D eigenvalue weighted by atomic mass is 9.95. The van der Waals surface area contributed by atoms with Crippen LogP contribution in [0.3, 0.4) is 0 Å². The zero-order valence-corrected chi connectivity index (χ0v) is 13.8. The zero-order chi connectivity index (χ0) is 16.3. The molecule has 116 valence electrons. The van der Waals surface area contributed by atoms with Gasteiger partial charge in [0.15, 0.2) is 0 Å². The predicted molar refractivity (Wildman–Crippen MR) is 85.5 cm³/mol. The van der Waals surface area contributed by atoms with Crippen molar-refractivity contribution in [3.05, 3.63) is 69.7 Å². The molecule has 2 nitrogen and oxygen atoms in total. The third-order valence-electron chi connectivity index (χ3n) is 3.36. The van der Waals surface area contributed by atoms with Gasteiger partial charge in [0.25, 0.3) is 5.91 Å². The van der Waals surface area contributed by atoms with Gasteiger partial charge in [-0.2, -0.15) is 0 Å². The molecule has 0 bridgehead atoms. The fraction of sp³-hybridized carbons (Fsp3) is 0.235. The number of hydrogen-bond donors (Lipinski definition) is 1. The van der Waals surface area contributed by atoms with E-state index in [4.69, 9.17) is 0 Å². The van der Waals surface area contributed by atoms with Crippen molar-refractivity contribution in [2.24, 2.45) is 5.92 Å². The van der Waals surface area contributed by atoms with E-state index >= 15 is 0 Å². The number of nitrogens with one attached hydrogen (secondary N) is 1. The van der Waals surface area contributed by atoms with Gasteiger partial charge in [0.1, 0.15) is 11.6 Å². The Balaban J connectivity index is 2.24. The summed E-state index contributed by atoms with van der Waals surface area (Å²) in [5.41, 5.74) is 1.18. The maximum Gasteiger partial charge on any atom is 0.252 e. The summed E-state index contributed by atoms with van der Waals surface area (Å²) in [5.74, 6) is -0.926. The molecule has 0 aliphatic heterocycles. The molecule has 0 aromatic heterocycles. The molecule has 5 heteroatoms. The van der Waals surface area contributed by atoms with E-state index in [1.54, 1.807) is 12.1 Å². The van der Waals surface area contributed by atoms with Crippen LogP contribution < -0.4 is 5.32 Å². The Bertz CT molecular complexity index is 671. The van der Waals surface area contributed by atoms with Crippen molar-refractivity contribution in [1.29, 1.82) is 0 Å². The monoisotopic (exact) mass is 367 g/mol. The molecule has 1 unspecified atom stereocenters. The Morgan fingerprint density at radius 1 is 1.05 bits per heavy atom. The molecule has 0 spiro atoms. The highest BCUT2D eigenvalue weighted by Crippen LogP contribution is 2.24. The standard InChI is InChI=1S/C17H16BrF2NO/c1-10(2)16(11-3-5-12(19)6-4-11)21-17(22)14-8-7-13(20)9-15(14)18/h3-10,16H,1-2H3,(H,21,22). The minimum absolute atomic E-state index is 0.119. The van der Waals surface area contributed by atoms with Crippen molar-refractivity contribution in [2.75, 3.05) is 0 Å². The van der Waals surface area contributed by atoms with E-state index in [2.05, 4.69) is 21.2 Å². The summed E-state index contributed by atoms with van der Waals surface area (Å²) < 4.78 is 26.5. The zero-order valence-electron chi connectivity index (χ0n) is 12.2. The van der Waals surface area contributed by atoms with Gasteiger partial charge < -0.3 is 5.32 Å². The van der Waals surface area contributed by atoms with Crippen LogP contribution >= 0.6 is 15.9 Å². The molecule has 0 saturated heterocycles. The highest BCUT2D eigenvalue weighted by atomic mass is 79.9. The van der Waals surface area contributed by atoms with E-state index in [1.165, 1.54) is 30.3 Å². The van der Waals surface area contributed by atoms with Crippen molar-refractivity contribution < 1.29 is 13.6 Å². The van der Waals surface area contributed by atoms with E-state index in [0.717, 1.165) is 5.56 Å². The van der Waals surface area contributed by atoms with Gasteiger partial charge in [0.2, 0.25) is 0 Å². The van der Waals surface area contributed by atoms with E-state index in [9.17, 15) is 13.6 Å². The second kappa shape index (κ2) is 7.01. The fourth-order valence-electron chi connectivity index (χ4n) is 2.20. The van der Waals surface area contributed by atoms with Gasteiger partial charge in [-0.05, 0) is 57.7 Å². The van der Waals surface area contributed by atoms with Crippen LogP contribution in [0.4, 0.5) is 8.78 Å². The Morgan fingerprint density at radius 3 is 2.18 bits per heavy atom. The quantitative estimate of drug-likeness (QED) is 0.821. The first-order valence-electron chi connectivity index (χ1n) is 6.90. The maximum atomic E-state index is 13.1. The Kier molecular flexibility index (Phi) is 5.29. The molecule has 2 aromatic rings. The number of carbonyl (C=O) groups excluding carboxylic acids is 1. The molecule has 22 heavy (non-hydrogen) atoms. The summed E-state index contributed by atoms with van der Waals surface area (Å²) in [6.07, 6.45) is 0. The van der Waals surface area contributed by atoms with Crippen molar-refractivity contribution >= 4 is 21.8 Å². The minimum Gasteiger partial charge on any atom is -0.345 e. The van der Waals surface area contributed by atoms with Crippen LogP contribution in [-0.4, -0.2) is 5.91 Å². The average Bonchev–Trinajstić information content (AvgIpc) is 2.45. The third kappa shape index (κ3) is 3.91. The summed E-state index contributed by atoms with van der Waals surface area (Å²) in [4.78, 5) is 12.4. The minimum atomic E-state index is -0.414. The Morgan fingerprint density at radius 2 is 1.64 bits per heavy atom. The van der Waals surface area contributed by atoms with Gasteiger partial charge in [0, 0.05) is 4.47 Å². The largest absolute Gasteiger partial charge is 0.345 e. The van der Waals surface area contributed by atoms with Gasteiger partial charge >= 0.3 is 0 Å². The third-order valence-corrected chi connectivity index (χ3v) is 4.01. The smallest absolute Gasteiger partial charge is 0.252 e. The van der Waals surface area contributed by atoms with Gasteiger partial charge in [-0.15, -0.1) is 0 Å². The van der Waals surface area contributed by atoms with E-state index in [1.807, 2.05) is 13.8 Å². The molecular weight excluding hydrogens is 352 g/mol. The van der Waals surface area contributed by atoms with Gasteiger partial charge in [-0.25, -0.2) is 8.78 Å². The van der Waals surface area contributed by atoms with E-state index < -0.39 is 5.82 Å². The normalized spacial score (nSPS) is 12.3. The first kappa shape index (κ1) is 16.6. The average molecular weight is 368 g/mol. The van der Waals surface area contributed by atoms with Crippen molar-refractivity contribution in [1.82, 2.24) is 5.32 Å². The first-order chi connectivity index (χ1) is 10.4. The molecule has 0 saturated carbocycles. The number of benzene rings is 2. The van der Waals surface area contributed by atoms with Gasteiger partial charge in [0.05, 0.1) is 11.6 Å². The lowest BCUT2D eigenvalue weighted by molar-refractivity contribution is 0.0925. The van der Waals surface area contributed by atoms with Crippen LogP contribution in [-0.2, 0) is 0 Å². The predicted octanol–water partition coefficient (Wildman–Crippen LogP) is 4.85.